The number of phenols is 2. The van der Waals surface area contributed by atoms with Crippen molar-refractivity contribution in [1.82, 2.24) is 0 Å². The smallest absolute Gasteiger partial charge is 0.320 e. The molecule has 1 atom stereocenters. The maximum absolute atomic E-state index is 10.4. The van der Waals surface area contributed by atoms with Gasteiger partial charge in [-0.1, -0.05) is 103 Å². The Morgan fingerprint density at radius 3 is 1.46 bits per heavy atom. The molecular weight excluding hydrogens is 454 g/mol. The number of rotatable bonds is 3. The molecule has 35 heavy (non-hydrogen) atoms. The highest BCUT2D eigenvalue weighted by Gasteiger charge is 2.10. The molecule has 0 aliphatic heterocycles. The minimum atomic E-state index is -0.959. The van der Waals surface area contributed by atoms with E-state index in [9.17, 15) is 15.0 Å². The highest BCUT2D eigenvalue weighted by Crippen LogP contribution is 2.23. The molecule has 0 radical (unpaired) electrons. The SMILES string of the molecule is NC(Cc1ccccc1)C(=O)O.Oc1cccc2ccccc12.Oc1cccc2ccccc12.[SiH4]. The number of fused-ring (bicyclic) bond motifs is 2. The molecule has 0 amide bonds. The van der Waals surface area contributed by atoms with Crippen LogP contribution in [0.2, 0.25) is 0 Å². The normalized spacial score (nSPS) is 10.7. The van der Waals surface area contributed by atoms with E-state index in [0.29, 0.717) is 17.9 Å². The molecule has 5 N–H and O–H groups in total. The van der Waals surface area contributed by atoms with E-state index in [4.69, 9.17) is 10.8 Å². The van der Waals surface area contributed by atoms with Crippen LogP contribution in [0.5, 0.6) is 11.5 Å². The van der Waals surface area contributed by atoms with Gasteiger partial charge in [0.1, 0.15) is 17.5 Å². The van der Waals surface area contributed by atoms with Crippen molar-refractivity contribution >= 4 is 38.5 Å². The van der Waals surface area contributed by atoms with Gasteiger partial charge in [-0.15, -0.1) is 0 Å². The number of carboxylic acid groups (broad SMARTS) is 1. The number of aliphatic carboxylic acids is 1. The fourth-order valence-corrected chi connectivity index (χ4v) is 3.37. The summed E-state index contributed by atoms with van der Waals surface area (Å²) >= 11 is 0. The van der Waals surface area contributed by atoms with E-state index >= 15 is 0 Å². The van der Waals surface area contributed by atoms with Crippen LogP contribution in [-0.2, 0) is 11.2 Å². The zero-order valence-corrected chi connectivity index (χ0v) is 18.6. The third-order valence-electron chi connectivity index (χ3n) is 5.15. The van der Waals surface area contributed by atoms with Gasteiger partial charge in [-0.3, -0.25) is 4.79 Å². The van der Waals surface area contributed by atoms with Crippen molar-refractivity contribution in [3.8, 4) is 11.5 Å². The van der Waals surface area contributed by atoms with Crippen molar-refractivity contribution < 1.29 is 20.1 Å². The molecule has 0 aliphatic carbocycles. The van der Waals surface area contributed by atoms with Crippen LogP contribution in [-0.4, -0.2) is 38.3 Å². The van der Waals surface area contributed by atoms with E-state index in [1.807, 2.05) is 103 Å². The van der Waals surface area contributed by atoms with Crippen LogP contribution in [0.3, 0.4) is 0 Å². The first-order valence-corrected chi connectivity index (χ1v) is 10.8. The predicted octanol–water partition coefficient (Wildman–Crippen LogP) is 4.28. The number of phenolic OH excluding ortho intramolecular Hbond substituents is 2. The molecule has 0 bridgehead atoms. The van der Waals surface area contributed by atoms with Gasteiger partial charge in [-0.25, -0.2) is 0 Å². The standard InChI is InChI=1S/2C10H8O.C9H11NO2.H4Si/c2*11-10-7-3-5-8-4-1-2-6-9(8)10;10-8(9(11)12)6-7-4-2-1-3-5-7;/h2*1-7,11H;1-5,8H,6,10H2,(H,11,12);1H4. The zero-order chi connectivity index (χ0) is 24.3. The van der Waals surface area contributed by atoms with Gasteiger partial charge in [-0.2, -0.15) is 0 Å². The molecule has 5 aromatic rings. The van der Waals surface area contributed by atoms with Crippen molar-refractivity contribution in [2.75, 3.05) is 0 Å². The molecule has 6 heteroatoms. The Hall–Kier alpha value is -4.13. The average Bonchev–Trinajstić information content (AvgIpc) is 2.86. The largest absolute Gasteiger partial charge is 0.507 e. The summed E-state index contributed by atoms with van der Waals surface area (Å²) in [5.74, 6) is -0.259. The van der Waals surface area contributed by atoms with Crippen molar-refractivity contribution in [3.63, 3.8) is 0 Å². The van der Waals surface area contributed by atoms with Crippen molar-refractivity contribution in [2.24, 2.45) is 5.73 Å². The third-order valence-corrected chi connectivity index (χ3v) is 5.15. The molecule has 5 rings (SSSR count). The molecular formula is C29H31NO4Si. The lowest BCUT2D eigenvalue weighted by Gasteiger charge is -2.04. The molecule has 0 heterocycles. The Kier molecular flexibility index (Phi) is 10.5. The summed E-state index contributed by atoms with van der Waals surface area (Å²) in [6.07, 6.45) is 0.385. The second-order valence-corrected chi connectivity index (χ2v) is 7.63. The quantitative estimate of drug-likeness (QED) is 0.286. The number of aromatic hydroxyl groups is 2. The first kappa shape index (κ1) is 27.1. The molecule has 1 unspecified atom stereocenters. The fraction of sp³-hybridized carbons (Fsp3) is 0.0690. The van der Waals surface area contributed by atoms with Gasteiger partial charge < -0.3 is 21.1 Å². The maximum atomic E-state index is 10.4. The van der Waals surface area contributed by atoms with Gasteiger partial charge in [0.2, 0.25) is 0 Å². The molecule has 0 fully saturated rings. The van der Waals surface area contributed by atoms with Crippen LogP contribution in [0.4, 0.5) is 0 Å². The third kappa shape index (κ3) is 7.99. The highest BCUT2D eigenvalue weighted by atomic mass is 28.1. The van der Waals surface area contributed by atoms with Crippen LogP contribution in [0.1, 0.15) is 5.56 Å². The molecule has 0 aliphatic rings. The summed E-state index contributed by atoms with van der Waals surface area (Å²) in [7, 11) is 0. The van der Waals surface area contributed by atoms with E-state index in [0.717, 1.165) is 27.1 Å². The summed E-state index contributed by atoms with van der Waals surface area (Å²) in [6, 6.07) is 35.1. The van der Waals surface area contributed by atoms with E-state index < -0.39 is 12.0 Å². The molecule has 5 aromatic carbocycles. The van der Waals surface area contributed by atoms with Crippen LogP contribution < -0.4 is 5.73 Å². The van der Waals surface area contributed by atoms with E-state index in [-0.39, 0.29) is 11.0 Å². The van der Waals surface area contributed by atoms with Gasteiger partial charge in [0.05, 0.1) is 0 Å². The Balaban J connectivity index is 0.000000183. The molecule has 0 saturated heterocycles. The van der Waals surface area contributed by atoms with Gasteiger partial charge in [0, 0.05) is 10.8 Å². The second-order valence-electron chi connectivity index (χ2n) is 7.63. The van der Waals surface area contributed by atoms with Crippen LogP contribution >= 0.6 is 0 Å². The Bertz CT molecular complexity index is 1270. The molecule has 0 aromatic heterocycles. The van der Waals surface area contributed by atoms with Crippen LogP contribution in [0, 0.1) is 0 Å². The number of nitrogens with two attached hydrogens (primary N) is 1. The zero-order valence-electron chi connectivity index (χ0n) is 18.6. The summed E-state index contributed by atoms with van der Waals surface area (Å²) in [4.78, 5) is 10.4. The van der Waals surface area contributed by atoms with Gasteiger partial charge in [0.25, 0.3) is 0 Å². The second kappa shape index (κ2) is 13.5. The fourth-order valence-electron chi connectivity index (χ4n) is 3.37. The van der Waals surface area contributed by atoms with Crippen LogP contribution in [0.25, 0.3) is 21.5 Å². The number of carbonyl (C=O) groups is 1. The Labute approximate surface area is 209 Å². The first-order valence-electron chi connectivity index (χ1n) is 10.8. The molecule has 180 valence electrons. The van der Waals surface area contributed by atoms with Crippen molar-refractivity contribution in [2.45, 2.75) is 12.5 Å². The minimum Gasteiger partial charge on any atom is -0.507 e. The monoisotopic (exact) mass is 485 g/mol. The summed E-state index contributed by atoms with van der Waals surface area (Å²) in [5.41, 5.74) is 6.30. The minimum absolute atomic E-state index is 0. The van der Waals surface area contributed by atoms with E-state index in [1.165, 1.54) is 0 Å². The summed E-state index contributed by atoms with van der Waals surface area (Å²) < 4.78 is 0. The van der Waals surface area contributed by atoms with Gasteiger partial charge in [-0.05, 0) is 45.9 Å². The Morgan fingerprint density at radius 2 is 1.03 bits per heavy atom. The average molecular weight is 486 g/mol. The highest BCUT2D eigenvalue weighted by molar-refractivity contribution is 5.88. The molecule has 0 spiro atoms. The number of hydrogen-bond donors (Lipinski definition) is 4. The summed E-state index contributed by atoms with van der Waals surface area (Å²) in [5, 5.41) is 31.2. The topological polar surface area (TPSA) is 104 Å². The van der Waals surface area contributed by atoms with Gasteiger partial charge in [0.15, 0.2) is 0 Å². The van der Waals surface area contributed by atoms with Gasteiger partial charge >= 0.3 is 5.97 Å². The summed E-state index contributed by atoms with van der Waals surface area (Å²) in [6.45, 7) is 0. The van der Waals surface area contributed by atoms with E-state index in [1.54, 1.807) is 12.1 Å². The van der Waals surface area contributed by atoms with Crippen LogP contribution in [0.15, 0.2) is 115 Å². The first-order chi connectivity index (χ1) is 16.5. The van der Waals surface area contributed by atoms with Crippen molar-refractivity contribution in [3.05, 3.63) is 121 Å². The lowest BCUT2D eigenvalue weighted by atomic mass is 10.1. The number of benzene rings is 5. The molecule has 5 nitrogen and oxygen atoms in total. The number of hydrogen-bond acceptors (Lipinski definition) is 4. The number of carboxylic acids is 1. The Morgan fingerprint density at radius 1 is 0.629 bits per heavy atom. The lowest BCUT2D eigenvalue weighted by molar-refractivity contribution is -0.138. The van der Waals surface area contributed by atoms with Crippen molar-refractivity contribution in [1.29, 1.82) is 0 Å². The molecule has 0 saturated carbocycles. The lowest BCUT2D eigenvalue weighted by Crippen LogP contribution is -2.32. The predicted molar refractivity (Wildman–Crippen MR) is 148 cm³/mol. The maximum Gasteiger partial charge on any atom is 0.320 e. The van der Waals surface area contributed by atoms with E-state index in [2.05, 4.69) is 0 Å².